The highest BCUT2D eigenvalue weighted by atomic mass is 19.1. The molecule has 0 unspecified atom stereocenters. The number of nitrogens with zero attached hydrogens (tertiary/aromatic N) is 1. The number of carbonyl (C=O) groups excluding carboxylic acids is 2. The third kappa shape index (κ3) is 4.60. The van der Waals surface area contributed by atoms with Gasteiger partial charge in [0.15, 0.2) is 12.4 Å². The molecule has 0 aliphatic rings. The quantitative estimate of drug-likeness (QED) is 0.267. The van der Waals surface area contributed by atoms with E-state index in [1.54, 1.807) is 0 Å². The largest absolute Gasteiger partial charge is 0.454 e. The average molecular weight is 319 g/mol. The second-order valence-electron chi connectivity index (χ2n) is 4.30. The minimum atomic E-state index is -0.820. The van der Waals surface area contributed by atoms with E-state index in [1.807, 2.05) is 0 Å². The predicted molar refractivity (Wildman–Crippen MR) is 76.1 cm³/mol. The van der Waals surface area contributed by atoms with Gasteiger partial charge < -0.3 is 9.15 Å². The SMILES string of the molecule is O=C(/C=C/c1ccc([N+](=O)[O-])o1)OCC(=O)c1ccc(F)cc1. The first-order valence-corrected chi connectivity index (χ1v) is 6.33. The molecule has 0 saturated carbocycles. The zero-order valence-corrected chi connectivity index (χ0v) is 11.6. The number of ketones is 1. The summed E-state index contributed by atoms with van der Waals surface area (Å²) in [6.45, 7) is -0.507. The molecule has 0 saturated heterocycles. The van der Waals surface area contributed by atoms with Crippen molar-refractivity contribution in [2.24, 2.45) is 0 Å². The van der Waals surface area contributed by atoms with Crippen LogP contribution in [0.25, 0.3) is 6.08 Å². The van der Waals surface area contributed by atoms with E-state index in [-0.39, 0.29) is 11.3 Å². The van der Waals surface area contributed by atoms with Crippen molar-refractivity contribution in [3.63, 3.8) is 0 Å². The maximum Gasteiger partial charge on any atom is 0.433 e. The van der Waals surface area contributed by atoms with Crippen molar-refractivity contribution in [1.29, 1.82) is 0 Å². The molecule has 2 aromatic rings. The van der Waals surface area contributed by atoms with Crippen molar-refractivity contribution < 1.29 is 28.1 Å². The van der Waals surface area contributed by atoms with Gasteiger partial charge in [0.2, 0.25) is 0 Å². The minimum Gasteiger partial charge on any atom is -0.454 e. The van der Waals surface area contributed by atoms with Crippen LogP contribution in [-0.4, -0.2) is 23.3 Å². The molecular weight excluding hydrogens is 309 g/mol. The average Bonchev–Trinajstić information content (AvgIpc) is 3.00. The maximum absolute atomic E-state index is 12.7. The van der Waals surface area contributed by atoms with Gasteiger partial charge in [-0.25, -0.2) is 9.18 Å². The molecule has 0 fully saturated rings. The number of rotatable bonds is 6. The number of hydrogen-bond acceptors (Lipinski definition) is 6. The summed E-state index contributed by atoms with van der Waals surface area (Å²) < 4.78 is 22.2. The molecule has 0 N–H and O–H groups in total. The molecule has 2 rings (SSSR count). The standard InChI is InChI=1S/C15H10FNO6/c16-11-3-1-10(2-4-11)13(18)9-22-15(19)8-6-12-5-7-14(23-12)17(20)21/h1-8H,9H2/b8-6+. The lowest BCUT2D eigenvalue weighted by molar-refractivity contribution is -0.402. The fourth-order valence-electron chi connectivity index (χ4n) is 1.58. The second kappa shape index (κ2) is 7.12. The molecule has 23 heavy (non-hydrogen) atoms. The summed E-state index contributed by atoms with van der Waals surface area (Å²) in [5, 5.41) is 10.4. The smallest absolute Gasteiger partial charge is 0.433 e. The molecule has 0 radical (unpaired) electrons. The van der Waals surface area contributed by atoms with Gasteiger partial charge in [-0.15, -0.1) is 0 Å². The molecule has 0 aliphatic heterocycles. The number of esters is 1. The lowest BCUT2D eigenvalue weighted by atomic mass is 10.1. The molecular formula is C15H10FNO6. The maximum atomic E-state index is 12.7. The predicted octanol–water partition coefficient (Wildman–Crippen LogP) is 2.77. The van der Waals surface area contributed by atoms with Gasteiger partial charge in [-0.3, -0.25) is 14.9 Å². The molecule has 0 bridgehead atoms. The summed E-state index contributed by atoms with van der Waals surface area (Å²) in [4.78, 5) is 32.9. The molecule has 118 valence electrons. The Bertz CT molecular complexity index is 763. The van der Waals surface area contributed by atoms with E-state index in [9.17, 15) is 24.1 Å². The number of Topliss-reactive ketones (excluding diaryl/α,β-unsaturated/α-hetero) is 1. The van der Waals surface area contributed by atoms with Crippen molar-refractivity contribution in [2.45, 2.75) is 0 Å². The fourth-order valence-corrected chi connectivity index (χ4v) is 1.58. The van der Waals surface area contributed by atoms with E-state index in [2.05, 4.69) is 0 Å². The number of nitro groups is 1. The summed E-state index contributed by atoms with van der Waals surface area (Å²) in [6, 6.07) is 7.26. The van der Waals surface area contributed by atoms with Crippen molar-refractivity contribution in [3.8, 4) is 0 Å². The van der Waals surface area contributed by atoms with E-state index in [1.165, 1.54) is 24.3 Å². The van der Waals surface area contributed by atoms with Crippen LogP contribution >= 0.6 is 0 Å². The topological polar surface area (TPSA) is 99.7 Å². The summed E-state index contributed by atoms with van der Waals surface area (Å²) in [7, 11) is 0. The number of furan rings is 1. The first kappa shape index (κ1) is 16.1. The highest BCUT2D eigenvalue weighted by Gasteiger charge is 2.11. The highest BCUT2D eigenvalue weighted by Crippen LogP contribution is 2.16. The van der Waals surface area contributed by atoms with Gasteiger partial charge in [0.1, 0.15) is 16.5 Å². The zero-order valence-electron chi connectivity index (χ0n) is 11.6. The van der Waals surface area contributed by atoms with E-state index in [0.717, 1.165) is 24.3 Å². The Labute approximate surface area is 129 Å². The Morgan fingerprint density at radius 1 is 1.22 bits per heavy atom. The van der Waals surface area contributed by atoms with Crippen molar-refractivity contribution in [2.75, 3.05) is 6.61 Å². The highest BCUT2D eigenvalue weighted by molar-refractivity contribution is 5.98. The fraction of sp³-hybridized carbons (Fsp3) is 0.0667. The van der Waals surface area contributed by atoms with Gasteiger partial charge in [0.05, 0.1) is 6.07 Å². The van der Waals surface area contributed by atoms with Gasteiger partial charge >= 0.3 is 11.9 Å². The van der Waals surface area contributed by atoms with Gasteiger partial charge in [-0.05, 0) is 36.4 Å². The first-order chi connectivity index (χ1) is 11.0. The van der Waals surface area contributed by atoms with Crippen LogP contribution in [0.4, 0.5) is 10.3 Å². The summed E-state index contributed by atoms with van der Waals surface area (Å²) in [5.74, 6) is -2.14. The van der Waals surface area contributed by atoms with Crippen molar-refractivity contribution >= 4 is 23.7 Å². The molecule has 8 heteroatoms. The lowest BCUT2D eigenvalue weighted by Gasteiger charge is -2.01. The molecule has 1 aromatic carbocycles. The number of halogens is 1. The Balaban J connectivity index is 1.86. The zero-order chi connectivity index (χ0) is 16.8. The van der Waals surface area contributed by atoms with E-state index < -0.39 is 35.0 Å². The Hall–Kier alpha value is -3.29. The molecule has 0 spiro atoms. The van der Waals surface area contributed by atoms with Gasteiger partial charge in [0, 0.05) is 11.6 Å². The molecule has 7 nitrogen and oxygen atoms in total. The summed E-state index contributed by atoms with van der Waals surface area (Å²) in [5.41, 5.74) is 0.213. The van der Waals surface area contributed by atoms with Gasteiger partial charge in [0.25, 0.3) is 0 Å². The molecule has 1 heterocycles. The first-order valence-electron chi connectivity index (χ1n) is 6.33. The van der Waals surface area contributed by atoms with Crippen LogP contribution in [0.1, 0.15) is 16.1 Å². The number of benzene rings is 1. The second-order valence-corrected chi connectivity index (χ2v) is 4.30. The van der Waals surface area contributed by atoms with Crippen LogP contribution < -0.4 is 0 Å². The molecule has 0 aliphatic carbocycles. The van der Waals surface area contributed by atoms with Crippen molar-refractivity contribution in [1.82, 2.24) is 0 Å². The van der Waals surface area contributed by atoms with Crippen LogP contribution in [-0.2, 0) is 9.53 Å². The van der Waals surface area contributed by atoms with E-state index in [0.29, 0.717) is 0 Å². The monoisotopic (exact) mass is 319 g/mol. The number of carbonyl (C=O) groups is 2. The third-order valence-corrected chi connectivity index (χ3v) is 2.69. The van der Waals surface area contributed by atoms with Crippen LogP contribution in [0.2, 0.25) is 0 Å². The Morgan fingerprint density at radius 3 is 2.52 bits per heavy atom. The van der Waals surface area contributed by atoms with E-state index in [4.69, 9.17) is 9.15 Å². The lowest BCUT2D eigenvalue weighted by Crippen LogP contribution is -2.12. The third-order valence-electron chi connectivity index (χ3n) is 2.69. The molecule has 1 aromatic heterocycles. The summed E-state index contributed by atoms with van der Waals surface area (Å²) >= 11 is 0. The van der Waals surface area contributed by atoms with E-state index >= 15 is 0 Å². The Morgan fingerprint density at radius 2 is 1.91 bits per heavy atom. The molecule has 0 atom stereocenters. The Kier molecular flexibility index (Phi) is 4.98. The van der Waals surface area contributed by atoms with Crippen LogP contribution in [0.5, 0.6) is 0 Å². The van der Waals surface area contributed by atoms with Gasteiger partial charge in [-0.2, -0.15) is 0 Å². The van der Waals surface area contributed by atoms with Crippen LogP contribution in [0, 0.1) is 15.9 Å². The van der Waals surface area contributed by atoms with Crippen LogP contribution in [0.15, 0.2) is 46.9 Å². The minimum absolute atomic E-state index is 0.0958. The number of hydrogen-bond donors (Lipinski definition) is 0. The number of ether oxygens (including phenoxy) is 1. The summed E-state index contributed by atoms with van der Waals surface area (Å²) in [6.07, 6.45) is 2.15. The van der Waals surface area contributed by atoms with Crippen molar-refractivity contribution in [3.05, 3.63) is 69.7 Å². The normalized spacial score (nSPS) is 10.7. The van der Waals surface area contributed by atoms with Gasteiger partial charge in [-0.1, -0.05) is 0 Å². The molecule has 0 amide bonds. The van der Waals surface area contributed by atoms with Crippen LogP contribution in [0.3, 0.4) is 0 Å².